The molecule has 1 saturated carbocycles. The lowest BCUT2D eigenvalue weighted by atomic mass is 9.99. The molecule has 0 unspecified atom stereocenters. The molecule has 1 aliphatic rings. The van der Waals surface area contributed by atoms with Gasteiger partial charge in [0.2, 0.25) is 0 Å². The van der Waals surface area contributed by atoms with E-state index < -0.39 is 9.84 Å². The molecule has 1 aliphatic carbocycles. The van der Waals surface area contributed by atoms with Crippen LogP contribution >= 0.6 is 0 Å². The molecule has 0 spiro atoms. The van der Waals surface area contributed by atoms with Gasteiger partial charge in [0.05, 0.1) is 16.7 Å². The van der Waals surface area contributed by atoms with E-state index in [2.05, 4.69) is 0 Å². The van der Waals surface area contributed by atoms with Gasteiger partial charge in [0, 0.05) is 0 Å². The summed E-state index contributed by atoms with van der Waals surface area (Å²) < 4.78 is 22.5. The van der Waals surface area contributed by atoms with Gasteiger partial charge in [0.15, 0.2) is 17.7 Å². The van der Waals surface area contributed by atoms with Crippen LogP contribution in [-0.4, -0.2) is 32.9 Å². The molecule has 0 amide bonds. The Morgan fingerprint density at radius 1 is 1.42 bits per heavy atom. The Morgan fingerprint density at radius 2 is 2.00 bits per heavy atom. The number of carbonyl (C=O) groups is 1. The molecule has 12 heavy (non-hydrogen) atoms. The Bertz CT molecular complexity index is 266. The minimum Gasteiger partial charge on any atom is -0.312 e. The molecule has 0 aliphatic heterocycles. The second-order valence-electron chi connectivity index (χ2n) is 3.37. The van der Waals surface area contributed by atoms with Crippen LogP contribution < -0.4 is 0 Å². The van der Waals surface area contributed by atoms with Crippen molar-refractivity contribution in [3.8, 4) is 0 Å². The normalized spacial score (nSPS) is 17.7. The van der Waals surface area contributed by atoms with Crippen molar-refractivity contribution in [1.29, 1.82) is 0 Å². The van der Waals surface area contributed by atoms with E-state index in [1.165, 1.54) is 7.85 Å². The summed E-state index contributed by atoms with van der Waals surface area (Å²) >= 11 is 0. The highest BCUT2D eigenvalue weighted by atomic mass is 32.2. The number of hydrogen-bond donors (Lipinski definition) is 0. The second-order valence-corrected chi connectivity index (χ2v) is 5.77. The van der Waals surface area contributed by atoms with Crippen LogP contribution in [0.5, 0.6) is 0 Å². The third-order valence-corrected chi connectivity index (χ3v) is 4.33. The van der Waals surface area contributed by atoms with Crippen LogP contribution in [0.4, 0.5) is 0 Å². The Morgan fingerprint density at radius 3 is 2.42 bits per heavy atom. The summed E-state index contributed by atoms with van der Waals surface area (Å²) in [5.41, 5.74) is 0.0704. The van der Waals surface area contributed by atoms with Gasteiger partial charge in [0.25, 0.3) is 0 Å². The highest BCUT2D eigenvalue weighted by Gasteiger charge is 2.34. The van der Waals surface area contributed by atoms with E-state index in [-0.39, 0.29) is 16.7 Å². The van der Waals surface area contributed by atoms with Gasteiger partial charge in [-0.3, -0.25) is 0 Å². The molecule has 0 atom stereocenters. The maximum absolute atomic E-state index is 11.3. The lowest BCUT2D eigenvalue weighted by molar-refractivity contribution is -0.111. The minimum atomic E-state index is -2.83. The number of sulfone groups is 1. The summed E-state index contributed by atoms with van der Waals surface area (Å²) in [6.07, 6.45) is 2.53. The molecule has 0 N–H and O–H groups in total. The summed E-state index contributed by atoms with van der Waals surface area (Å²) in [6.45, 7) is 0. The van der Waals surface area contributed by atoms with Crippen LogP contribution in [0.3, 0.4) is 0 Å². The van der Waals surface area contributed by atoms with Gasteiger partial charge in [-0.2, -0.15) is 0 Å². The van der Waals surface area contributed by atoms with E-state index in [1.54, 1.807) is 0 Å². The van der Waals surface area contributed by atoms with Crippen LogP contribution in [0.15, 0.2) is 0 Å². The fourth-order valence-electron chi connectivity index (χ4n) is 1.12. The molecule has 0 bridgehead atoms. The van der Waals surface area contributed by atoms with E-state index >= 15 is 0 Å². The number of rotatable bonds is 5. The monoisotopic (exact) mass is 188 g/mol. The summed E-state index contributed by atoms with van der Waals surface area (Å²) in [6, 6.07) is 0. The zero-order valence-corrected chi connectivity index (χ0v) is 8.06. The Hall–Kier alpha value is -0.315. The van der Waals surface area contributed by atoms with Crippen LogP contribution in [0.1, 0.15) is 25.7 Å². The quantitative estimate of drug-likeness (QED) is 0.546. The van der Waals surface area contributed by atoms with Gasteiger partial charge in [0.1, 0.15) is 0 Å². The third kappa shape index (κ3) is 2.97. The van der Waals surface area contributed by atoms with Gasteiger partial charge in [-0.15, -0.1) is 0 Å². The molecular weight excluding hydrogens is 175 g/mol. The van der Waals surface area contributed by atoms with Crippen molar-refractivity contribution in [1.82, 2.24) is 0 Å². The van der Waals surface area contributed by atoms with Crippen molar-refractivity contribution < 1.29 is 13.2 Å². The van der Waals surface area contributed by atoms with E-state index in [0.29, 0.717) is 12.8 Å². The molecule has 0 aromatic carbocycles. The Balaban J connectivity index is 2.26. The molecule has 3 nitrogen and oxygen atoms in total. The molecule has 0 aromatic rings. The fourth-order valence-corrected chi connectivity index (χ4v) is 2.85. The van der Waals surface area contributed by atoms with E-state index in [4.69, 9.17) is 0 Å². The van der Waals surface area contributed by atoms with Crippen molar-refractivity contribution in [2.24, 2.45) is 0 Å². The van der Waals surface area contributed by atoms with Crippen LogP contribution in [-0.2, 0) is 14.6 Å². The largest absolute Gasteiger partial charge is 0.312 e. The molecule has 5 heteroatoms. The standard InChI is InChI=1S/C7H13BO3S/c8-7(9)2-1-5-12(10,11)6-3-4-6/h6H,1-5,8H2. The fraction of sp³-hybridized carbons (Fsp3) is 0.857. The van der Waals surface area contributed by atoms with Gasteiger partial charge in [-0.1, -0.05) is 0 Å². The zero-order chi connectivity index (χ0) is 9.19. The maximum Gasteiger partial charge on any atom is 0.187 e. The molecule has 0 aromatic heterocycles. The first-order valence-electron chi connectivity index (χ1n) is 4.23. The average Bonchev–Trinajstić information content (AvgIpc) is 2.65. The van der Waals surface area contributed by atoms with Crippen molar-refractivity contribution in [3.63, 3.8) is 0 Å². The molecule has 1 rings (SSSR count). The van der Waals surface area contributed by atoms with Crippen molar-refractivity contribution >= 4 is 23.4 Å². The number of carbonyl (C=O) groups excluding carboxylic acids is 1. The van der Waals surface area contributed by atoms with Crippen molar-refractivity contribution in [2.75, 3.05) is 5.75 Å². The minimum absolute atomic E-state index is 0.0704. The smallest absolute Gasteiger partial charge is 0.187 e. The van der Waals surface area contributed by atoms with Gasteiger partial charge in [-0.25, -0.2) is 8.42 Å². The summed E-state index contributed by atoms with van der Waals surface area (Å²) in [4.78, 5) is 10.5. The maximum atomic E-state index is 11.3. The summed E-state index contributed by atoms with van der Waals surface area (Å²) in [7, 11) is -1.35. The molecular formula is C7H13BO3S. The van der Waals surface area contributed by atoms with Crippen molar-refractivity contribution in [2.45, 2.75) is 30.9 Å². The highest BCUT2D eigenvalue weighted by Crippen LogP contribution is 2.29. The van der Waals surface area contributed by atoms with Gasteiger partial charge >= 0.3 is 0 Å². The molecule has 68 valence electrons. The average molecular weight is 188 g/mol. The lowest BCUT2D eigenvalue weighted by Crippen LogP contribution is -2.12. The first-order valence-corrected chi connectivity index (χ1v) is 5.95. The van der Waals surface area contributed by atoms with Crippen LogP contribution in [0, 0.1) is 0 Å². The van der Waals surface area contributed by atoms with Gasteiger partial charge < -0.3 is 4.79 Å². The lowest BCUT2D eigenvalue weighted by Gasteiger charge is -1.99. The Labute approximate surface area is 73.9 Å². The molecule has 0 saturated heterocycles. The van der Waals surface area contributed by atoms with Crippen molar-refractivity contribution in [3.05, 3.63) is 0 Å². The third-order valence-electron chi connectivity index (χ3n) is 1.99. The second kappa shape index (κ2) is 3.60. The van der Waals surface area contributed by atoms with E-state index in [9.17, 15) is 13.2 Å². The zero-order valence-electron chi connectivity index (χ0n) is 7.25. The molecule has 0 radical (unpaired) electrons. The predicted molar refractivity (Wildman–Crippen MR) is 49.6 cm³/mol. The molecule has 1 fully saturated rings. The number of hydrogen-bond acceptors (Lipinski definition) is 3. The predicted octanol–water partition coefficient (Wildman–Crippen LogP) is -0.496. The van der Waals surface area contributed by atoms with E-state index in [1.807, 2.05) is 0 Å². The van der Waals surface area contributed by atoms with E-state index in [0.717, 1.165) is 12.8 Å². The molecule has 0 heterocycles. The summed E-state index contributed by atoms with van der Waals surface area (Å²) in [5.74, 6) is 0.192. The first kappa shape index (κ1) is 9.77. The van der Waals surface area contributed by atoms with Crippen LogP contribution in [0.2, 0.25) is 0 Å². The topological polar surface area (TPSA) is 51.2 Å². The van der Waals surface area contributed by atoms with Gasteiger partial charge in [-0.05, 0) is 25.7 Å². The highest BCUT2D eigenvalue weighted by molar-refractivity contribution is 7.92. The Kier molecular flexibility index (Phi) is 2.93. The van der Waals surface area contributed by atoms with Crippen LogP contribution in [0.25, 0.3) is 0 Å². The SMILES string of the molecule is BC(=O)CCCS(=O)(=O)C1CC1. The summed E-state index contributed by atoms with van der Waals surface area (Å²) in [5, 5.41) is -0.0792. The first-order chi connectivity index (χ1) is 5.52.